The molecule has 2 aromatic carbocycles. The van der Waals surface area contributed by atoms with E-state index in [1.807, 2.05) is 6.07 Å². The van der Waals surface area contributed by atoms with Gasteiger partial charge in [0.1, 0.15) is 5.75 Å². The van der Waals surface area contributed by atoms with E-state index in [1.165, 1.54) is 0 Å². The second-order valence-corrected chi connectivity index (χ2v) is 4.92. The van der Waals surface area contributed by atoms with Gasteiger partial charge in [-0.25, -0.2) is 0 Å². The molecule has 120 valence electrons. The van der Waals surface area contributed by atoms with Gasteiger partial charge in [0.15, 0.2) is 0 Å². The third-order valence-corrected chi connectivity index (χ3v) is 3.08. The highest BCUT2D eigenvalue weighted by Crippen LogP contribution is 2.27. The molecular formula is C17H18N2O4. The predicted molar refractivity (Wildman–Crippen MR) is 87.6 cm³/mol. The minimum Gasteiger partial charge on any atom is -0.491 e. The van der Waals surface area contributed by atoms with Gasteiger partial charge >= 0.3 is 5.97 Å². The van der Waals surface area contributed by atoms with Crippen molar-refractivity contribution in [1.29, 1.82) is 0 Å². The van der Waals surface area contributed by atoms with Gasteiger partial charge in [0.25, 0.3) is 5.91 Å². The van der Waals surface area contributed by atoms with E-state index in [0.29, 0.717) is 29.1 Å². The summed E-state index contributed by atoms with van der Waals surface area (Å²) in [7, 11) is 0. The van der Waals surface area contributed by atoms with Crippen LogP contribution in [0.1, 0.15) is 23.2 Å². The number of anilines is 2. The van der Waals surface area contributed by atoms with E-state index in [0.717, 1.165) is 0 Å². The van der Waals surface area contributed by atoms with Crippen molar-refractivity contribution in [2.45, 2.75) is 12.8 Å². The van der Waals surface area contributed by atoms with Gasteiger partial charge in [-0.15, -0.1) is 0 Å². The molecule has 2 rings (SSSR count). The third-order valence-electron chi connectivity index (χ3n) is 3.08. The number of hydrogen-bond acceptors (Lipinski definition) is 4. The first-order valence-electron chi connectivity index (χ1n) is 7.17. The number of carbonyl (C=O) groups is 2. The van der Waals surface area contributed by atoms with E-state index in [2.05, 4.69) is 5.32 Å². The Hall–Kier alpha value is -3.02. The summed E-state index contributed by atoms with van der Waals surface area (Å²) in [6, 6.07) is 13.7. The van der Waals surface area contributed by atoms with Crippen LogP contribution in [0.15, 0.2) is 48.5 Å². The highest BCUT2D eigenvalue weighted by Gasteiger charge is 2.10. The van der Waals surface area contributed by atoms with E-state index < -0.39 is 5.97 Å². The average Bonchev–Trinajstić information content (AvgIpc) is 2.54. The molecule has 0 aliphatic rings. The highest BCUT2D eigenvalue weighted by atomic mass is 16.5. The number of carbonyl (C=O) groups excluding carboxylic acids is 1. The first kappa shape index (κ1) is 16.4. The Labute approximate surface area is 133 Å². The molecule has 6 nitrogen and oxygen atoms in total. The molecular weight excluding hydrogens is 296 g/mol. The van der Waals surface area contributed by atoms with Crippen LogP contribution in [0.2, 0.25) is 0 Å². The highest BCUT2D eigenvalue weighted by molar-refractivity contribution is 6.05. The number of rotatable bonds is 7. The standard InChI is InChI=1S/C17H18N2O4/c18-13-8-9-14(15(11-13)23-10-4-7-16(20)21)19-17(22)12-5-2-1-3-6-12/h1-3,5-6,8-9,11H,4,7,10,18H2,(H,19,22)(H,20,21). The zero-order chi connectivity index (χ0) is 16.7. The van der Waals surface area contributed by atoms with Crippen molar-refractivity contribution in [2.24, 2.45) is 0 Å². The van der Waals surface area contributed by atoms with Gasteiger partial charge in [0.05, 0.1) is 12.3 Å². The number of ether oxygens (including phenoxy) is 1. The topological polar surface area (TPSA) is 102 Å². The number of carboxylic acids is 1. The summed E-state index contributed by atoms with van der Waals surface area (Å²) in [6.45, 7) is 0.226. The van der Waals surface area contributed by atoms with E-state index in [1.54, 1.807) is 42.5 Å². The lowest BCUT2D eigenvalue weighted by molar-refractivity contribution is -0.137. The minimum absolute atomic E-state index is 0.0218. The number of nitrogen functional groups attached to an aromatic ring is 1. The molecule has 0 bridgehead atoms. The molecule has 23 heavy (non-hydrogen) atoms. The lowest BCUT2D eigenvalue weighted by atomic mass is 10.2. The van der Waals surface area contributed by atoms with Gasteiger partial charge in [-0.2, -0.15) is 0 Å². The minimum atomic E-state index is -0.876. The van der Waals surface area contributed by atoms with E-state index in [4.69, 9.17) is 15.6 Å². The van der Waals surface area contributed by atoms with Gasteiger partial charge < -0.3 is 20.9 Å². The fourth-order valence-electron chi connectivity index (χ4n) is 1.95. The zero-order valence-electron chi connectivity index (χ0n) is 12.5. The number of hydrogen-bond donors (Lipinski definition) is 3. The first-order valence-corrected chi connectivity index (χ1v) is 7.17. The normalized spacial score (nSPS) is 10.1. The van der Waals surface area contributed by atoms with Crippen molar-refractivity contribution >= 4 is 23.3 Å². The van der Waals surface area contributed by atoms with Gasteiger partial charge in [-0.3, -0.25) is 9.59 Å². The van der Waals surface area contributed by atoms with Crippen LogP contribution in [0.25, 0.3) is 0 Å². The Morgan fingerprint density at radius 3 is 2.57 bits per heavy atom. The van der Waals surface area contributed by atoms with Crippen molar-refractivity contribution in [1.82, 2.24) is 0 Å². The number of amides is 1. The molecule has 1 amide bonds. The van der Waals surface area contributed by atoms with E-state index >= 15 is 0 Å². The molecule has 2 aromatic rings. The van der Waals surface area contributed by atoms with Crippen molar-refractivity contribution in [2.75, 3.05) is 17.7 Å². The van der Waals surface area contributed by atoms with Gasteiger partial charge in [-0.05, 0) is 30.7 Å². The smallest absolute Gasteiger partial charge is 0.303 e. The van der Waals surface area contributed by atoms with Gasteiger partial charge in [-0.1, -0.05) is 18.2 Å². The summed E-state index contributed by atoms with van der Waals surface area (Å²) < 4.78 is 5.55. The average molecular weight is 314 g/mol. The maximum Gasteiger partial charge on any atom is 0.303 e. The number of benzene rings is 2. The summed E-state index contributed by atoms with van der Waals surface area (Å²) >= 11 is 0. The molecule has 0 fully saturated rings. The van der Waals surface area contributed by atoms with Crippen LogP contribution in [-0.2, 0) is 4.79 Å². The van der Waals surface area contributed by atoms with Gasteiger partial charge in [0.2, 0.25) is 0 Å². The van der Waals surface area contributed by atoms with Crippen LogP contribution in [0, 0.1) is 0 Å². The number of carboxylic acid groups (broad SMARTS) is 1. The van der Waals surface area contributed by atoms with Crippen LogP contribution in [-0.4, -0.2) is 23.6 Å². The number of nitrogens with one attached hydrogen (secondary N) is 1. The molecule has 0 unspecified atom stereocenters. The Kier molecular flexibility index (Phi) is 5.57. The van der Waals surface area contributed by atoms with E-state index in [9.17, 15) is 9.59 Å². The molecule has 0 heterocycles. The van der Waals surface area contributed by atoms with Crippen LogP contribution in [0.4, 0.5) is 11.4 Å². The largest absolute Gasteiger partial charge is 0.491 e. The molecule has 0 aliphatic carbocycles. The summed E-state index contributed by atoms with van der Waals surface area (Å²) in [5.74, 6) is -0.718. The molecule has 4 N–H and O–H groups in total. The maximum absolute atomic E-state index is 12.2. The molecule has 0 spiro atoms. The molecule has 0 atom stereocenters. The molecule has 6 heteroatoms. The quantitative estimate of drug-likeness (QED) is 0.539. The van der Waals surface area contributed by atoms with Gasteiger partial charge in [0, 0.05) is 23.7 Å². The fraction of sp³-hybridized carbons (Fsp3) is 0.176. The van der Waals surface area contributed by atoms with Crippen molar-refractivity contribution in [3.8, 4) is 5.75 Å². The molecule has 0 aliphatic heterocycles. The van der Waals surface area contributed by atoms with Crippen molar-refractivity contribution in [3.05, 3.63) is 54.1 Å². The maximum atomic E-state index is 12.2. The second-order valence-electron chi connectivity index (χ2n) is 4.92. The van der Waals surface area contributed by atoms with Crippen molar-refractivity contribution < 1.29 is 19.4 Å². The van der Waals surface area contributed by atoms with Crippen molar-refractivity contribution in [3.63, 3.8) is 0 Å². The number of aliphatic carboxylic acids is 1. The van der Waals surface area contributed by atoms with Crippen LogP contribution < -0.4 is 15.8 Å². The molecule has 0 saturated heterocycles. The zero-order valence-corrected chi connectivity index (χ0v) is 12.5. The molecule has 0 saturated carbocycles. The SMILES string of the molecule is Nc1ccc(NC(=O)c2ccccc2)c(OCCCC(=O)O)c1. The van der Waals surface area contributed by atoms with Crippen LogP contribution in [0.5, 0.6) is 5.75 Å². The summed E-state index contributed by atoms with van der Waals surface area (Å²) in [5, 5.41) is 11.4. The second kappa shape index (κ2) is 7.84. The Balaban J connectivity index is 2.06. The van der Waals surface area contributed by atoms with Crippen LogP contribution in [0.3, 0.4) is 0 Å². The first-order chi connectivity index (χ1) is 11.1. The summed E-state index contributed by atoms with van der Waals surface area (Å²) in [4.78, 5) is 22.7. The van der Waals surface area contributed by atoms with Crippen LogP contribution >= 0.6 is 0 Å². The number of nitrogens with two attached hydrogens (primary N) is 1. The monoisotopic (exact) mass is 314 g/mol. The van der Waals surface area contributed by atoms with E-state index in [-0.39, 0.29) is 18.9 Å². The predicted octanol–water partition coefficient (Wildman–Crippen LogP) is 2.76. The third kappa shape index (κ3) is 5.03. The molecule has 0 aromatic heterocycles. The Morgan fingerprint density at radius 1 is 1.13 bits per heavy atom. The Bertz CT molecular complexity index is 686. The fourth-order valence-corrected chi connectivity index (χ4v) is 1.95. The Morgan fingerprint density at radius 2 is 1.87 bits per heavy atom. The molecule has 0 radical (unpaired) electrons. The summed E-state index contributed by atoms with van der Waals surface area (Å²) in [5.41, 5.74) is 7.25. The summed E-state index contributed by atoms with van der Waals surface area (Å²) in [6.07, 6.45) is 0.393. The lowest BCUT2D eigenvalue weighted by Gasteiger charge is -2.13. The lowest BCUT2D eigenvalue weighted by Crippen LogP contribution is -2.13.